The van der Waals surface area contributed by atoms with E-state index in [0.29, 0.717) is 0 Å². The molecule has 10 heavy (non-hydrogen) atoms. The SMILES string of the molecule is [C]1=CSSc2ccccc21. The third-order valence-electron chi connectivity index (χ3n) is 1.29. The third kappa shape index (κ3) is 1.09. The molecule has 0 saturated heterocycles. The van der Waals surface area contributed by atoms with Gasteiger partial charge in [0.25, 0.3) is 0 Å². The van der Waals surface area contributed by atoms with Crippen molar-refractivity contribution in [1.82, 2.24) is 0 Å². The maximum absolute atomic E-state index is 3.18. The Hall–Kier alpha value is -0.340. The van der Waals surface area contributed by atoms with Crippen molar-refractivity contribution in [3.63, 3.8) is 0 Å². The van der Waals surface area contributed by atoms with Crippen molar-refractivity contribution in [3.05, 3.63) is 41.3 Å². The van der Waals surface area contributed by atoms with Crippen LogP contribution in [0.4, 0.5) is 0 Å². The highest BCUT2D eigenvalue weighted by Gasteiger charge is 2.02. The summed E-state index contributed by atoms with van der Waals surface area (Å²) in [6.07, 6.45) is 3.18. The first-order valence-electron chi connectivity index (χ1n) is 2.97. The molecule has 0 nitrogen and oxygen atoms in total. The van der Waals surface area contributed by atoms with Gasteiger partial charge in [0, 0.05) is 4.90 Å². The van der Waals surface area contributed by atoms with Gasteiger partial charge in [0.2, 0.25) is 0 Å². The van der Waals surface area contributed by atoms with E-state index in [1.807, 2.05) is 11.5 Å². The van der Waals surface area contributed by atoms with Crippen LogP contribution in [0.25, 0.3) is 0 Å². The van der Waals surface area contributed by atoms with E-state index in [1.54, 1.807) is 21.6 Å². The van der Waals surface area contributed by atoms with E-state index in [4.69, 9.17) is 0 Å². The molecule has 49 valence electrons. The summed E-state index contributed by atoms with van der Waals surface area (Å²) in [6.45, 7) is 0. The molecule has 0 bridgehead atoms. The Morgan fingerprint density at radius 2 is 2.10 bits per heavy atom. The summed E-state index contributed by atoms with van der Waals surface area (Å²) >= 11 is 0. The molecule has 1 radical (unpaired) electrons. The Morgan fingerprint density at radius 3 is 3.00 bits per heavy atom. The summed E-state index contributed by atoms with van der Waals surface area (Å²) < 4.78 is 0. The van der Waals surface area contributed by atoms with Crippen LogP contribution in [0.2, 0.25) is 0 Å². The second-order valence-corrected chi connectivity index (χ2v) is 4.05. The minimum atomic E-state index is 1.21. The summed E-state index contributed by atoms with van der Waals surface area (Å²) in [7, 11) is 3.51. The first-order valence-corrected chi connectivity index (χ1v) is 5.19. The lowest BCUT2D eigenvalue weighted by molar-refractivity contribution is 1.38. The van der Waals surface area contributed by atoms with Gasteiger partial charge in [-0.25, -0.2) is 0 Å². The molecule has 0 saturated carbocycles. The molecule has 0 unspecified atom stereocenters. The first kappa shape index (κ1) is 6.38. The van der Waals surface area contributed by atoms with Gasteiger partial charge in [-0.15, -0.1) is 0 Å². The predicted molar refractivity (Wildman–Crippen MR) is 46.8 cm³/mol. The van der Waals surface area contributed by atoms with E-state index in [-0.39, 0.29) is 0 Å². The highest BCUT2D eigenvalue weighted by atomic mass is 33.1. The van der Waals surface area contributed by atoms with E-state index in [2.05, 4.69) is 24.3 Å². The molecule has 2 rings (SSSR count). The maximum atomic E-state index is 3.18. The molecule has 1 aliphatic heterocycles. The predicted octanol–water partition coefficient (Wildman–Crippen LogP) is 3.11. The van der Waals surface area contributed by atoms with Crippen LogP contribution in [-0.4, -0.2) is 0 Å². The lowest BCUT2D eigenvalue weighted by Crippen LogP contribution is -1.80. The Kier molecular flexibility index (Phi) is 1.74. The zero-order valence-corrected chi connectivity index (χ0v) is 6.84. The largest absolute Gasteiger partial charge is 0.0616 e. The van der Waals surface area contributed by atoms with Gasteiger partial charge >= 0.3 is 0 Å². The fourth-order valence-electron chi connectivity index (χ4n) is 0.822. The van der Waals surface area contributed by atoms with Crippen LogP contribution in [-0.2, 0) is 0 Å². The van der Waals surface area contributed by atoms with Crippen molar-refractivity contribution >= 4 is 21.6 Å². The highest BCUT2D eigenvalue weighted by Crippen LogP contribution is 2.37. The van der Waals surface area contributed by atoms with Crippen molar-refractivity contribution < 1.29 is 0 Å². The smallest absolute Gasteiger partial charge is 0.0264 e. The van der Waals surface area contributed by atoms with Crippen LogP contribution in [0.1, 0.15) is 5.56 Å². The van der Waals surface area contributed by atoms with Crippen molar-refractivity contribution in [2.75, 3.05) is 0 Å². The summed E-state index contributed by atoms with van der Waals surface area (Å²) in [5, 5.41) is 1.99. The van der Waals surface area contributed by atoms with E-state index < -0.39 is 0 Å². The quantitative estimate of drug-likeness (QED) is 0.542. The van der Waals surface area contributed by atoms with Crippen LogP contribution in [0.3, 0.4) is 0 Å². The Morgan fingerprint density at radius 1 is 1.20 bits per heavy atom. The fraction of sp³-hybridized carbons (Fsp3) is 0. The van der Waals surface area contributed by atoms with Crippen LogP contribution in [0, 0.1) is 6.08 Å². The van der Waals surface area contributed by atoms with Crippen molar-refractivity contribution in [2.24, 2.45) is 0 Å². The van der Waals surface area contributed by atoms with Gasteiger partial charge in [-0.05, 0) is 23.1 Å². The van der Waals surface area contributed by atoms with Gasteiger partial charge in [-0.1, -0.05) is 39.8 Å². The number of rotatable bonds is 0. The lowest BCUT2D eigenvalue weighted by Gasteiger charge is -2.05. The fourth-order valence-corrected chi connectivity index (χ4v) is 2.54. The molecule has 0 spiro atoms. The Bertz CT molecular complexity index is 266. The standard InChI is InChI=1S/C8H5S2/c1-2-4-8-7(3-1)5-6-9-10-8/h1-4,6H. The molecule has 0 atom stereocenters. The number of hydrogen-bond acceptors (Lipinski definition) is 2. The second-order valence-electron chi connectivity index (χ2n) is 1.94. The first-order chi connectivity index (χ1) is 4.97. The minimum Gasteiger partial charge on any atom is -0.0616 e. The van der Waals surface area contributed by atoms with Gasteiger partial charge in [0.1, 0.15) is 0 Å². The van der Waals surface area contributed by atoms with Gasteiger partial charge < -0.3 is 0 Å². The topological polar surface area (TPSA) is 0 Å². The molecular weight excluding hydrogens is 160 g/mol. The van der Waals surface area contributed by atoms with Crippen molar-refractivity contribution in [1.29, 1.82) is 0 Å². The minimum absolute atomic E-state index is 1.21. The Labute approximate surface area is 68.1 Å². The van der Waals surface area contributed by atoms with E-state index >= 15 is 0 Å². The molecule has 2 heteroatoms. The summed E-state index contributed by atoms with van der Waals surface area (Å²) in [6, 6.07) is 8.29. The molecule has 0 fully saturated rings. The van der Waals surface area contributed by atoms with E-state index in [9.17, 15) is 0 Å². The van der Waals surface area contributed by atoms with Crippen LogP contribution in [0.5, 0.6) is 0 Å². The summed E-state index contributed by atoms with van der Waals surface area (Å²) in [5.41, 5.74) is 1.21. The van der Waals surface area contributed by atoms with Crippen molar-refractivity contribution in [3.8, 4) is 0 Å². The van der Waals surface area contributed by atoms with Gasteiger partial charge in [0.05, 0.1) is 0 Å². The highest BCUT2D eigenvalue weighted by molar-refractivity contribution is 8.77. The molecule has 0 N–H and O–H groups in total. The monoisotopic (exact) mass is 165 g/mol. The molecule has 0 amide bonds. The third-order valence-corrected chi connectivity index (χ3v) is 3.25. The normalized spacial score (nSPS) is 14.8. The van der Waals surface area contributed by atoms with Gasteiger partial charge in [-0.3, -0.25) is 0 Å². The lowest BCUT2D eigenvalue weighted by atomic mass is 10.2. The molecule has 1 aliphatic rings. The second kappa shape index (κ2) is 2.72. The van der Waals surface area contributed by atoms with Crippen LogP contribution in [0.15, 0.2) is 34.6 Å². The Balaban J connectivity index is 2.54. The summed E-state index contributed by atoms with van der Waals surface area (Å²) in [5.74, 6) is 0. The zero-order chi connectivity index (χ0) is 6.81. The molecule has 1 aromatic carbocycles. The average Bonchev–Trinajstić information content (AvgIpc) is 2.05. The molecule has 0 aromatic heterocycles. The number of hydrogen-bond donors (Lipinski definition) is 0. The van der Waals surface area contributed by atoms with Crippen LogP contribution >= 0.6 is 21.6 Å². The number of fused-ring (bicyclic) bond motifs is 1. The van der Waals surface area contributed by atoms with E-state index in [1.165, 1.54) is 10.5 Å². The van der Waals surface area contributed by atoms with E-state index in [0.717, 1.165) is 0 Å². The zero-order valence-electron chi connectivity index (χ0n) is 5.20. The molecule has 1 aromatic rings. The van der Waals surface area contributed by atoms with Gasteiger partial charge in [0.15, 0.2) is 0 Å². The molecular formula is C8H5S2. The van der Waals surface area contributed by atoms with Crippen LogP contribution < -0.4 is 0 Å². The van der Waals surface area contributed by atoms with Gasteiger partial charge in [-0.2, -0.15) is 0 Å². The average molecular weight is 165 g/mol. The molecule has 1 heterocycles. The maximum Gasteiger partial charge on any atom is 0.0264 e. The number of benzene rings is 1. The summed E-state index contributed by atoms with van der Waals surface area (Å²) in [4.78, 5) is 1.31. The molecule has 0 aliphatic carbocycles. The van der Waals surface area contributed by atoms with Crippen molar-refractivity contribution in [2.45, 2.75) is 4.90 Å².